The van der Waals surface area contributed by atoms with Crippen molar-refractivity contribution in [3.63, 3.8) is 0 Å². The molecule has 0 saturated carbocycles. The molecule has 0 aromatic rings. The lowest BCUT2D eigenvalue weighted by Crippen LogP contribution is -2.23. The maximum absolute atomic E-state index is 11.5. The van der Waals surface area contributed by atoms with Gasteiger partial charge in [0.15, 0.2) is 0 Å². The Kier molecular flexibility index (Phi) is 18.1. The smallest absolute Gasteiger partial charge is 0.219 e. The summed E-state index contributed by atoms with van der Waals surface area (Å²) >= 11 is 0. The van der Waals surface area contributed by atoms with E-state index >= 15 is 0 Å². The standard InChI is InChI=1S/C20H41NO/c1-3-5-7-8-9-10-11-12-13-14-15-17-19-21-20(22)18-16-6-4-2/h3-19H2,1-2H3,(H,21,22). The third kappa shape index (κ3) is 17.5. The van der Waals surface area contributed by atoms with Gasteiger partial charge < -0.3 is 5.32 Å². The predicted molar refractivity (Wildman–Crippen MR) is 98.2 cm³/mol. The van der Waals surface area contributed by atoms with Gasteiger partial charge in [-0.25, -0.2) is 0 Å². The number of amides is 1. The van der Waals surface area contributed by atoms with Gasteiger partial charge in [-0.1, -0.05) is 97.3 Å². The summed E-state index contributed by atoms with van der Waals surface area (Å²) in [5.41, 5.74) is 0. The molecule has 0 saturated heterocycles. The highest BCUT2D eigenvalue weighted by atomic mass is 16.1. The molecule has 0 spiro atoms. The third-order valence-corrected chi connectivity index (χ3v) is 4.36. The summed E-state index contributed by atoms with van der Waals surface area (Å²) in [7, 11) is 0. The van der Waals surface area contributed by atoms with Crippen molar-refractivity contribution in [2.45, 2.75) is 117 Å². The monoisotopic (exact) mass is 311 g/mol. The molecular formula is C20H41NO. The van der Waals surface area contributed by atoms with E-state index in [-0.39, 0.29) is 5.91 Å². The fourth-order valence-electron chi connectivity index (χ4n) is 2.82. The molecule has 0 atom stereocenters. The molecule has 0 aromatic heterocycles. The number of carbonyl (C=O) groups excluding carboxylic acids is 1. The van der Waals surface area contributed by atoms with E-state index < -0.39 is 0 Å². The Balaban J connectivity index is 3.06. The van der Waals surface area contributed by atoms with Gasteiger partial charge in [0.1, 0.15) is 0 Å². The normalized spacial score (nSPS) is 10.8. The third-order valence-electron chi connectivity index (χ3n) is 4.36. The van der Waals surface area contributed by atoms with Gasteiger partial charge in [-0.3, -0.25) is 4.79 Å². The molecule has 132 valence electrons. The van der Waals surface area contributed by atoms with Crippen LogP contribution in [0.4, 0.5) is 0 Å². The second kappa shape index (κ2) is 18.5. The van der Waals surface area contributed by atoms with Crippen LogP contribution in [0.5, 0.6) is 0 Å². The van der Waals surface area contributed by atoms with Gasteiger partial charge >= 0.3 is 0 Å². The molecule has 0 aliphatic rings. The fraction of sp³-hybridized carbons (Fsp3) is 0.950. The first-order valence-electron chi connectivity index (χ1n) is 10.1. The molecule has 0 fully saturated rings. The molecule has 1 amide bonds. The van der Waals surface area contributed by atoms with Crippen LogP contribution in [0, 0.1) is 0 Å². The molecule has 0 heterocycles. The van der Waals surface area contributed by atoms with E-state index in [4.69, 9.17) is 0 Å². The summed E-state index contributed by atoms with van der Waals surface area (Å²) in [4.78, 5) is 11.5. The maximum Gasteiger partial charge on any atom is 0.219 e. The van der Waals surface area contributed by atoms with Gasteiger partial charge in [0.05, 0.1) is 0 Å². The quantitative estimate of drug-likeness (QED) is 0.310. The molecule has 0 aliphatic heterocycles. The van der Waals surface area contributed by atoms with E-state index in [1.807, 2.05) is 0 Å². The van der Waals surface area contributed by atoms with Crippen molar-refractivity contribution in [2.75, 3.05) is 6.54 Å². The first-order chi connectivity index (χ1) is 10.8. The first-order valence-corrected chi connectivity index (χ1v) is 10.1. The van der Waals surface area contributed by atoms with Crippen molar-refractivity contribution in [2.24, 2.45) is 0 Å². The average molecular weight is 312 g/mol. The van der Waals surface area contributed by atoms with E-state index in [9.17, 15) is 4.79 Å². The fourth-order valence-corrected chi connectivity index (χ4v) is 2.82. The lowest BCUT2D eigenvalue weighted by atomic mass is 10.1. The summed E-state index contributed by atoms with van der Waals surface area (Å²) < 4.78 is 0. The van der Waals surface area contributed by atoms with Crippen molar-refractivity contribution in [3.05, 3.63) is 0 Å². The number of carbonyl (C=O) groups is 1. The molecule has 2 nitrogen and oxygen atoms in total. The first kappa shape index (κ1) is 21.5. The zero-order valence-corrected chi connectivity index (χ0v) is 15.4. The van der Waals surface area contributed by atoms with Crippen LogP contribution in [0.3, 0.4) is 0 Å². The lowest BCUT2D eigenvalue weighted by Gasteiger charge is -2.05. The summed E-state index contributed by atoms with van der Waals surface area (Å²) in [6.45, 7) is 5.32. The SMILES string of the molecule is CCCCCCCCCCCCCCNC(=O)CCCCC. The van der Waals surface area contributed by atoms with Crippen LogP contribution in [0.25, 0.3) is 0 Å². The van der Waals surface area contributed by atoms with Crippen LogP contribution >= 0.6 is 0 Å². The second-order valence-electron chi connectivity index (χ2n) is 6.70. The predicted octanol–water partition coefficient (Wildman–Crippen LogP) is 6.38. The van der Waals surface area contributed by atoms with Crippen LogP contribution in [-0.4, -0.2) is 12.5 Å². The number of nitrogens with one attached hydrogen (secondary N) is 1. The number of hydrogen-bond acceptors (Lipinski definition) is 1. The Morgan fingerprint density at radius 2 is 1.00 bits per heavy atom. The minimum Gasteiger partial charge on any atom is -0.356 e. The van der Waals surface area contributed by atoms with Gasteiger partial charge in [0.2, 0.25) is 5.91 Å². The van der Waals surface area contributed by atoms with Crippen molar-refractivity contribution in [3.8, 4) is 0 Å². The highest BCUT2D eigenvalue weighted by Crippen LogP contribution is 2.11. The van der Waals surface area contributed by atoms with Crippen molar-refractivity contribution in [1.29, 1.82) is 0 Å². The molecule has 2 heteroatoms. The second-order valence-corrected chi connectivity index (χ2v) is 6.70. The largest absolute Gasteiger partial charge is 0.356 e. The highest BCUT2D eigenvalue weighted by molar-refractivity contribution is 5.75. The highest BCUT2D eigenvalue weighted by Gasteiger charge is 1.99. The van der Waals surface area contributed by atoms with Crippen LogP contribution in [0.1, 0.15) is 117 Å². The average Bonchev–Trinajstić information content (AvgIpc) is 2.52. The van der Waals surface area contributed by atoms with Crippen molar-refractivity contribution in [1.82, 2.24) is 5.32 Å². The molecule has 1 N–H and O–H groups in total. The van der Waals surface area contributed by atoms with E-state index in [1.165, 1.54) is 83.5 Å². The van der Waals surface area contributed by atoms with Crippen molar-refractivity contribution < 1.29 is 4.79 Å². The van der Waals surface area contributed by atoms with Gasteiger partial charge in [0.25, 0.3) is 0 Å². The lowest BCUT2D eigenvalue weighted by molar-refractivity contribution is -0.121. The van der Waals surface area contributed by atoms with E-state index in [2.05, 4.69) is 19.2 Å². The Morgan fingerprint density at radius 3 is 1.50 bits per heavy atom. The summed E-state index contributed by atoms with van der Waals surface area (Å²) in [6.07, 6.45) is 20.5. The molecule has 0 bridgehead atoms. The van der Waals surface area contributed by atoms with E-state index in [0.717, 1.165) is 19.4 Å². The molecule has 0 rings (SSSR count). The number of rotatable bonds is 17. The Morgan fingerprint density at radius 1 is 0.591 bits per heavy atom. The summed E-state index contributed by atoms with van der Waals surface area (Å²) in [5.74, 6) is 0.247. The Labute approximate surface area is 139 Å². The van der Waals surface area contributed by atoms with Crippen LogP contribution in [-0.2, 0) is 4.79 Å². The molecule has 0 radical (unpaired) electrons. The number of hydrogen-bond donors (Lipinski definition) is 1. The Bertz CT molecular complexity index is 228. The van der Waals surface area contributed by atoms with Crippen LogP contribution in [0.2, 0.25) is 0 Å². The maximum atomic E-state index is 11.5. The molecular weight excluding hydrogens is 270 g/mol. The van der Waals surface area contributed by atoms with Crippen molar-refractivity contribution >= 4 is 5.91 Å². The van der Waals surface area contributed by atoms with Crippen LogP contribution < -0.4 is 5.32 Å². The summed E-state index contributed by atoms with van der Waals surface area (Å²) in [6, 6.07) is 0. The van der Waals surface area contributed by atoms with E-state index in [0.29, 0.717) is 6.42 Å². The molecule has 0 aliphatic carbocycles. The zero-order valence-electron chi connectivity index (χ0n) is 15.4. The topological polar surface area (TPSA) is 29.1 Å². The van der Waals surface area contributed by atoms with Crippen LogP contribution in [0.15, 0.2) is 0 Å². The van der Waals surface area contributed by atoms with E-state index in [1.54, 1.807) is 0 Å². The molecule has 0 unspecified atom stereocenters. The minimum atomic E-state index is 0.247. The van der Waals surface area contributed by atoms with Gasteiger partial charge in [-0.05, 0) is 12.8 Å². The zero-order chi connectivity index (χ0) is 16.3. The van der Waals surface area contributed by atoms with Gasteiger partial charge in [-0.15, -0.1) is 0 Å². The summed E-state index contributed by atoms with van der Waals surface area (Å²) in [5, 5.41) is 3.04. The Hall–Kier alpha value is -0.530. The number of unbranched alkanes of at least 4 members (excludes halogenated alkanes) is 13. The minimum absolute atomic E-state index is 0.247. The van der Waals surface area contributed by atoms with Gasteiger partial charge in [-0.2, -0.15) is 0 Å². The van der Waals surface area contributed by atoms with Gasteiger partial charge in [0, 0.05) is 13.0 Å². The molecule has 0 aromatic carbocycles. The molecule has 22 heavy (non-hydrogen) atoms.